The fourth-order valence-corrected chi connectivity index (χ4v) is 3.84. The lowest BCUT2D eigenvalue weighted by Crippen LogP contribution is -2.43. The van der Waals surface area contributed by atoms with Crippen molar-refractivity contribution in [1.29, 1.82) is 0 Å². The Morgan fingerprint density at radius 2 is 1.82 bits per heavy atom. The molecule has 28 heavy (non-hydrogen) atoms. The molecule has 1 amide bonds. The Hall–Kier alpha value is -2.11. The van der Waals surface area contributed by atoms with Crippen molar-refractivity contribution in [2.45, 2.75) is 31.7 Å². The van der Waals surface area contributed by atoms with Crippen molar-refractivity contribution >= 4 is 18.3 Å². The Balaban J connectivity index is 0.00000280. The van der Waals surface area contributed by atoms with Crippen LogP contribution in [-0.2, 0) is 4.79 Å². The first-order valence-electron chi connectivity index (χ1n) is 9.44. The number of nitrogens with two attached hydrogens (primary N) is 1. The van der Waals surface area contributed by atoms with Gasteiger partial charge in [0, 0.05) is 24.7 Å². The SMILES string of the molecule is COc1ccc(F)cc1C1CCN(C(=O)[C@H](C)C(N)c2ccccc2)CC1.Cl. The maximum absolute atomic E-state index is 13.7. The van der Waals surface area contributed by atoms with Crippen LogP contribution >= 0.6 is 12.4 Å². The molecule has 1 aliphatic rings. The Bertz CT molecular complexity index is 779. The zero-order chi connectivity index (χ0) is 19.4. The average Bonchev–Trinajstić information content (AvgIpc) is 2.73. The molecule has 3 rings (SSSR count). The molecule has 0 bridgehead atoms. The van der Waals surface area contributed by atoms with Crippen LogP contribution < -0.4 is 10.5 Å². The molecule has 6 heteroatoms. The summed E-state index contributed by atoms with van der Waals surface area (Å²) in [5.41, 5.74) is 8.17. The van der Waals surface area contributed by atoms with Gasteiger partial charge >= 0.3 is 0 Å². The third-order valence-corrected chi connectivity index (χ3v) is 5.55. The highest BCUT2D eigenvalue weighted by Crippen LogP contribution is 2.35. The summed E-state index contributed by atoms with van der Waals surface area (Å²) in [4.78, 5) is 14.8. The van der Waals surface area contributed by atoms with Crippen LogP contribution in [0.15, 0.2) is 48.5 Å². The van der Waals surface area contributed by atoms with Gasteiger partial charge in [-0.3, -0.25) is 4.79 Å². The van der Waals surface area contributed by atoms with Gasteiger partial charge in [0.05, 0.1) is 13.0 Å². The van der Waals surface area contributed by atoms with E-state index < -0.39 is 0 Å². The highest BCUT2D eigenvalue weighted by Gasteiger charge is 2.31. The second-order valence-corrected chi connectivity index (χ2v) is 7.21. The van der Waals surface area contributed by atoms with E-state index in [1.807, 2.05) is 42.2 Å². The first-order valence-corrected chi connectivity index (χ1v) is 9.44. The highest BCUT2D eigenvalue weighted by atomic mass is 35.5. The molecule has 0 aliphatic carbocycles. The van der Waals surface area contributed by atoms with Crippen LogP contribution in [0.4, 0.5) is 4.39 Å². The van der Waals surface area contributed by atoms with Gasteiger partial charge in [-0.1, -0.05) is 37.3 Å². The number of carbonyl (C=O) groups excluding carboxylic acids is 1. The monoisotopic (exact) mass is 406 g/mol. The number of piperidine rings is 1. The molecular weight excluding hydrogens is 379 g/mol. The largest absolute Gasteiger partial charge is 0.496 e. The number of hydrogen-bond acceptors (Lipinski definition) is 3. The third kappa shape index (κ3) is 4.83. The lowest BCUT2D eigenvalue weighted by Gasteiger charge is -2.35. The number of methoxy groups -OCH3 is 1. The number of halogens is 2. The molecule has 0 radical (unpaired) electrons. The van der Waals surface area contributed by atoms with Crippen molar-refractivity contribution in [2.24, 2.45) is 11.7 Å². The molecule has 0 saturated carbocycles. The lowest BCUT2D eigenvalue weighted by molar-refractivity contribution is -0.136. The molecule has 1 unspecified atom stereocenters. The van der Waals surface area contributed by atoms with Crippen LogP contribution in [0, 0.1) is 11.7 Å². The summed E-state index contributed by atoms with van der Waals surface area (Å²) in [6, 6.07) is 14.0. The molecule has 2 aromatic rings. The maximum Gasteiger partial charge on any atom is 0.227 e. The molecule has 1 heterocycles. The number of benzene rings is 2. The average molecular weight is 407 g/mol. The quantitative estimate of drug-likeness (QED) is 0.805. The molecule has 1 aliphatic heterocycles. The van der Waals surface area contributed by atoms with Crippen molar-refractivity contribution < 1.29 is 13.9 Å². The van der Waals surface area contributed by atoms with Crippen molar-refractivity contribution in [3.63, 3.8) is 0 Å². The van der Waals surface area contributed by atoms with Crippen molar-refractivity contribution in [2.75, 3.05) is 20.2 Å². The number of likely N-dealkylation sites (tertiary alicyclic amines) is 1. The predicted octanol–water partition coefficient (Wildman–Crippen LogP) is 4.30. The van der Waals surface area contributed by atoms with E-state index in [0.717, 1.165) is 24.0 Å². The Labute approximate surface area is 172 Å². The van der Waals surface area contributed by atoms with E-state index >= 15 is 0 Å². The number of hydrogen-bond donors (Lipinski definition) is 1. The van der Waals surface area contributed by atoms with E-state index in [1.54, 1.807) is 19.2 Å². The van der Waals surface area contributed by atoms with Gasteiger partial charge in [-0.2, -0.15) is 0 Å². The minimum absolute atomic E-state index is 0. The summed E-state index contributed by atoms with van der Waals surface area (Å²) in [7, 11) is 1.60. The van der Waals surface area contributed by atoms with E-state index in [2.05, 4.69) is 0 Å². The molecule has 2 aromatic carbocycles. The molecule has 2 N–H and O–H groups in total. The first-order chi connectivity index (χ1) is 13.0. The van der Waals surface area contributed by atoms with Crippen LogP contribution in [0.5, 0.6) is 5.75 Å². The summed E-state index contributed by atoms with van der Waals surface area (Å²) in [5.74, 6) is 0.439. The van der Waals surface area contributed by atoms with Gasteiger partial charge in [0.25, 0.3) is 0 Å². The van der Waals surface area contributed by atoms with E-state index in [-0.39, 0.29) is 42.0 Å². The van der Waals surface area contributed by atoms with Gasteiger partial charge in [-0.25, -0.2) is 4.39 Å². The standard InChI is InChI=1S/C22H27FN2O2.ClH/c1-15(21(24)17-6-4-3-5-7-17)22(26)25-12-10-16(11-13-25)19-14-18(23)8-9-20(19)27-2;/h3-9,14-16,21H,10-13,24H2,1-2H3;1H/t15-,21?;/m1./s1. The Morgan fingerprint density at radius 1 is 1.18 bits per heavy atom. The lowest BCUT2D eigenvalue weighted by atomic mass is 9.87. The van der Waals surface area contributed by atoms with Crippen molar-refractivity contribution in [3.8, 4) is 5.75 Å². The van der Waals surface area contributed by atoms with Crippen LogP contribution in [0.2, 0.25) is 0 Å². The zero-order valence-electron chi connectivity index (χ0n) is 16.3. The molecular formula is C22H28ClFN2O2. The van der Waals surface area contributed by atoms with Gasteiger partial charge < -0.3 is 15.4 Å². The second-order valence-electron chi connectivity index (χ2n) is 7.21. The minimum atomic E-state index is -0.320. The smallest absolute Gasteiger partial charge is 0.227 e. The third-order valence-electron chi connectivity index (χ3n) is 5.55. The summed E-state index contributed by atoms with van der Waals surface area (Å²) < 4.78 is 19.0. The summed E-state index contributed by atoms with van der Waals surface area (Å²) in [5, 5.41) is 0. The van der Waals surface area contributed by atoms with Crippen molar-refractivity contribution in [3.05, 3.63) is 65.5 Å². The van der Waals surface area contributed by atoms with Crippen molar-refractivity contribution in [1.82, 2.24) is 4.90 Å². The van der Waals surface area contributed by atoms with Crippen LogP contribution in [0.3, 0.4) is 0 Å². The van der Waals surface area contributed by atoms with E-state index in [9.17, 15) is 9.18 Å². The topological polar surface area (TPSA) is 55.6 Å². The molecule has 2 atom stereocenters. The van der Waals surface area contributed by atoms with Crippen LogP contribution in [0.25, 0.3) is 0 Å². The van der Waals surface area contributed by atoms with E-state index in [4.69, 9.17) is 10.5 Å². The molecule has 0 spiro atoms. The zero-order valence-corrected chi connectivity index (χ0v) is 17.1. The van der Waals surface area contributed by atoms with Gasteiger partial charge in [-0.15, -0.1) is 12.4 Å². The molecule has 1 saturated heterocycles. The normalized spacial score (nSPS) is 16.8. The number of ether oxygens (including phenoxy) is 1. The molecule has 1 fully saturated rings. The van der Waals surface area contributed by atoms with Crippen LogP contribution in [-0.4, -0.2) is 31.0 Å². The van der Waals surface area contributed by atoms with Gasteiger partial charge in [0.2, 0.25) is 5.91 Å². The minimum Gasteiger partial charge on any atom is -0.496 e. The number of amides is 1. The first kappa shape index (κ1) is 22.2. The summed E-state index contributed by atoms with van der Waals surface area (Å²) in [6.07, 6.45) is 1.58. The number of rotatable bonds is 5. The fourth-order valence-electron chi connectivity index (χ4n) is 3.84. The summed E-state index contributed by atoms with van der Waals surface area (Å²) >= 11 is 0. The van der Waals surface area contributed by atoms with E-state index in [0.29, 0.717) is 18.8 Å². The van der Waals surface area contributed by atoms with Gasteiger partial charge in [0.15, 0.2) is 0 Å². The highest BCUT2D eigenvalue weighted by molar-refractivity contribution is 5.85. The molecule has 0 aromatic heterocycles. The number of nitrogens with zero attached hydrogens (tertiary/aromatic N) is 1. The maximum atomic E-state index is 13.7. The second kappa shape index (κ2) is 9.89. The van der Waals surface area contributed by atoms with Gasteiger partial charge in [0.1, 0.15) is 11.6 Å². The Kier molecular flexibility index (Phi) is 7.84. The van der Waals surface area contributed by atoms with Crippen LogP contribution in [0.1, 0.15) is 42.9 Å². The van der Waals surface area contributed by atoms with Gasteiger partial charge in [-0.05, 0) is 42.5 Å². The summed E-state index contributed by atoms with van der Waals surface area (Å²) in [6.45, 7) is 3.19. The predicted molar refractivity (Wildman–Crippen MR) is 111 cm³/mol. The molecule has 4 nitrogen and oxygen atoms in total. The molecule has 152 valence electrons. The number of carbonyl (C=O) groups is 1. The fraction of sp³-hybridized carbons (Fsp3) is 0.409. The van der Waals surface area contributed by atoms with E-state index in [1.165, 1.54) is 6.07 Å². The Morgan fingerprint density at radius 3 is 2.43 bits per heavy atom.